The van der Waals surface area contributed by atoms with Crippen molar-refractivity contribution in [2.75, 3.05) is 0 Å². The number of carbonyl (C=O) groups is 3. The highest BCUT2D eigenvalue weighted by Crippen LogP contribution is 2.48. The summed E-state index contributed by atoms with van der Waals surface area (Å²) in [5.74, 6) is -3.47. The van der Waals surface area contributed by atoms with Gasteiger partial charge in [0, 0.05) is 4.47 Å². The maximum absolute atomic E-state index is 12.3. The maximum Gasteiger partial charge on any atom is 0.307 e. The number of nitrogens with one attached hydrogen (secondary N) is 2. The van der Waals surface area contributed by atoms with E-state index in [1.54, 1.807) is 24.3 Å². The second-order valence-electron chi connectivity index (χ2n) is 5.76. The van der Waals surface area contributed by atoms with Crippen molar-refractivity contribution in [3.8, 4) is 0 Å². The van der Waals surface area contributed by atoms with Crippen molar-refractivity contribution in [1.29, 1.82) is 0 Å². The lowest BCUT2D eigenvalue weighted by atomic mass is 9.82. The number of carboxylic acids is 1. The van der Waals surface area contributed by atoms with Crippen LogP contribution in [-0.4, -0.2) is 22.9 Å². The number of carbonyl (C=O) groups excluding carboxylic acids is 2. The maximum atomic E-state index is 12.3. The number of rotatable bonds is 3. The summed E-state index contributed by atoms with van der Waals surface area (Å²) in [5.41, 5.74) is 5.10. The van der Waals surface area contributed by atoms with Gasteiger partial charge in [0.1, 0.15) is 0 Å². The van der Waals surface area contributed by atoms with Crippen LogP contribution in [0.25, 0.3) is 0 Å². The summed E-state index contributed by atoms with van der Waals surface area (Å²) in [4.78, 5) is 35.8. The van der Waals surface area contributed by atoms with E-state index in [1.165, 1.54) is 0 Å². The third-order valence-corrected chi connectivity index (χ3v) is 5.16. The van der Waals surface area contributed by atoms with E-state index in [4.69, 9.17) is 0 Å². The monoisotopic (exact) mass is 378 g/mol. The largest absolute Gasteiger partial charge is 0.481 e. The Kier molecular flexibility index (Phi) is 4.21. The third kappa shape index (κ3) is 2.88. The number of halogens is 1. The standard InChI is InChI=1S/C16H15BrN2O4/c17-11-4-2-1-3-10(11)14(20)18-19-15(21)12-8-5-6-9(7-8)13(12)16(22)23/h1-6,8-9,12-13H,7H2,(H,18,20)(H,19,21)(H,22,23)/t8-,9+,12-,13+/m0/s1. The molecule has 0 radical (unpaired) electrons. The normalized spacial score (nSPS) is 27.7. The smallest absolute Gasteiger partial charge is 0.307 e. The minimum atomic E-state index is -0.973. The fourth-order valence-corrected chi connectivity index (χ4v) is 3.90. The molecule has 0 saturated heterocycles. The molecule has 4 atom stereocenters. The van der Waals surface area contributed by atoms with Crippen LogP contribution in [0.15, 0.2) is 40.9 Å². The van der Waals surface area contributed by atoms with E-state index < -0.39 is 29.6 Å². The molecule has 6 nitrogen and oxygen atoms in total. The van der Waals surface area contributed by atoms with Crippen LogP contribution in [0, 0.1) is 23.7 Å². The van der Waals surface area contributed by atoms with Crippen LogP contribution in [0.2, 0.25) is 0 Å². The summed E-state index contributed by atoms with van der Waals surface area (Å²) in [6.45, 7) is 0. The lowest BCUT2D eigenvalue weighted by Gasteiger charge is -2.23. The Morgan fingerprint density at radius 3 is 2.35 bits per heavy atom. The van der Waals surface area contributed by atoms with Crippen molar-refractivity contribution in [1.82, 2.24) is 10.9 Å². The van der Waals surface area contributed by atoms with Gasteiger partial charge in [-0.05, 0) is 46.3 Å². The highest BCUT2D eigenvalue weighted by Gasteiger charge is 2.51. The Morgan fingerprint density at radius 1 is 1.04 bits per heavy atom. The molecule has 7 heteroatoms. The van der Waals surface area contributed by atoms with Gasteiger partial charge in [0.25, 0.3) is 5.91 Å². The first-order chi connectivity index (χ1) is 11.0. The van der Waals surface area contributed by atoms with Crippen LogP contribution in [-0.2, 0) is 9.59 Å². The minimum absolute atomic E-state index is 0.0820. The molecule has 0 aliphatic heterocycles. The molecule has 0 spiro atoms. The van der Waals surface area contributed by atoms with Gasteiger partial charge in [-0.2, -0.15) is 0 Å². The van der Waals surface area contributed by atoms with Crippen molar-refractivity contribution >= 4 is 33.7 Å². The van der Waals surface area contributed by atoms with Crippen LogP contribution in [0.4, 0.5) is 0 Å². The van der Waals surface area contributed by atoms with E-state index in [0.717, 1.165) is 0 Å². The first-order valence-electron chi connectivity index (χ1n) is 7.25. The van der Waals surface area contributed by atoms with Crippen LogP contribution in [0.5, 0.6) is 0 Å². The Hall–Kier alpha value is -2.15. The van der Waals surface area contributed by atoms with E-state index in [1.807, 2.05) is 12.2 Å². The number of fused-ring (bicyclic) bond motifs is 2. The highest BCUT2D eigenvalue weighted by molar-refractivity contribution is 9.10. The summed E-state index contributed by atoms with van der Waals surface area (Å²) >= 11 is 3.26. The number of aliphatic carboxylic acids is 1. The molecule has 120 valence electrons. The van der Waals surface area contributed by atoms with Crippen molar-refractivity contribution in [3.05, 3.63) is 46.5 Å². The molecule has 2 bridgehead atoms. The van der Waals surface area contributed by atoms with E-state index in [9.17, 15) is 19.5 Å². The number of hydrogen-bond acceptors (Lipinski definition) is 3. The van der Waals surface area contributed by atoms with Gasteiger partial charge in [-0.15, -0.1) is 0 Å². The first kappa shape index (κ1) is 15.7. The Balaban J connectivity index is 1.66. The van der Waals surface area contributed by atoms with Gasteiger partial charge < -0.3 is 5.11 Å². The summed E-state index contributed by atoms with van der Waals surface area (Å²) in [6.07, 6.45) is 4.43. The van der Waals surface area contributed by atoms with Crippen LogP contribution in [0.1, 0.15) is 16.8 Å². The summed E-state index contributed by atoms with van der Waals surface area (Å²) in [7, 11) is 0. The van der Waals surface area contributed by atoms with Gasteiger partial charge in [-0.3, -0.25) is 25.2 Å². The van der Waals surface area contributed by atoms with Gasteiger partial charge in [0.15, 0.2) is 0 Å². The highest BCUT2D eigenvalue weighted by atomic mass is 79.9. The molecule has 2 aliphatic carbocycles. The molecule has 1 aromatic carbocycles. The van der Waals surface area contributed by atoms with Crippen molar-refractivity contribution in [2.45, 2.75) is 6.42 Å². The molecule has 3 rings (SSSR count). The topological polar surface area (TPSA) is 95.5 Å². The molecule has 2 amide bonds. The number of benzene rings is 1. The second-order valence-corrected chi connectivity index (χ2v) is 6.62. The molecule has 0 unspecified atom stereocenters. The minimum Gasteiger partial charge on any atom is -0.481 e. The van der Waals surface area contributed by atoms with Crippen molar-refractivity contribution in [2.24, 2.45) is 23.7 Å². The molecule has 2 aliphatic rings. The molecule has 0 heterocycles. The number of allylic oxidation sites excluding steroid dienone is 2. The predicted molar refractivity (Wildman–Crippen MR) is 85.1 cm³/mol. The number of hydrogen-bond donors (Lipinski definition) is 3. The van der Waals surface area contributed by atoms with Crippen LogP contribution >= 0.6 is 15.9 Å². The van der Waals surface area contributed by atoms with E-state index >= 15 is 0 Å². The number of hydrazine groups is 1. The average molecular weight is 379 g/mol. The second kappa shape index (κ2) is 6.16. The van der Waals surface area contributed by atoms with Crippen molar-refractivity contribution in [3.63, 3.8) is 0 Å². The van der Waals surface area contributed by atoms with E-state index in [0.29, 0.717) is 16.5 Å². The zero-order valence-electron chi connectivity index (χ0n) is 12.0. The molecule has 23 heavy (non-hydrogen) atoms. The Morgan fingerprint density at radius 2 is 1.70 bits per heavy atom. The molecular weight excluding hydrogens is 364 g/mol. The number of amides is 2. The molecular formula is C16H15BrN2O4. The van der Waals surface area contributed by atoms with Gasteiger partial charge in [0.2, 0.25) is 5.91 Å². The predicted octanol–water partition coefficient (Wildman–Crippen LogP) is 1.73. The van der Waals surface area contributed by atoms with Gasteiger partial charge in [-0.25, -0.2) is 0 Å². The zero-order chi connectivity index (χ0) is 16.6. The van der Waals surface area contributed by atoms with Crippen LogP contribution < -0.4 is 10.9 Å². The summed E-state index contributed by atoms with van der Waals surface area (Å²) in [6, 6.07) is 6.82. The molecule has 1 fully saturated rings. The molecule has 1 aromatic rings. The fraction of sp³-hybridized carbons (Fsp3) is 0.312. The third-order valence-electron chi connectivity index (χ3n) is 4.46. The SMILES string of the molecule is O=C(NNC(=O)[C@@H]1[C@H](C(=O)O)[C@@H]2C=C[C@H]1C2)c1ccccc1Br. The summed E-state index contributed by atoms with van der Waals surface area (Å²) < 4.78 is 0.609. The molecule has 1 saturated carbocycles. The summed E-state index contributed by atoms with van der Waals surface area (Å²) in [5, 5.41) is 9.34. The quantitative estimate of drug-likeness (QED) is 0.551. The first-order valence-corrected chi connectivity index (χ1v) is 8.04. The Bertz CT molecular complexity index is 703. The van der Waals surface area contributed by atoms with Gasteiger partial charge >= 0.3 is 5.97 Å². The van der Waals surface area contributed by atoms with Crippen molar-refractivity contribution < 1.29 is 19.5 Å². The van der Waals surface area contributed by atoms with E-state index in [2.05, 4.69) is 26.8 Å². The molecule has 3 N–H and O–H groups in total. The van der Waals surface area contributed by atoms with Crippen LogP contribution in [0.3, 0.4) is 0 Å². The zero-order valence-corrected chi connectivity index (χ0v) is 13.6. The van der Waals surface area contributed by atoms with Gasteiger partial charge in [-0.1, -0.05) is 24.3 Å². The van der Waals surface area contributed by atoms with Gasteiger partial charge in [0.05, 0.1) is 17.4 Å². The Labute approximate surface area is 141 Å². The number of carboxylic acid groups (broad SMARTS) is 1. The lowest BCUT2D eigenvalue weighted by molar-refractivity contribution is -0.148. The van der Waals surface area contributed by atoms with E-state index in [-0.39, 0.29) is 11.8 Å². The average Bonchev–Trinajstić information content (AvgIpc) is 3.13. The lowest BCUT2D eigenvalue weighted by Crippen LogP contribution is -2.48. The fourth-order valence-electron chi connectivity index (χ4n) is 3.43. The molecule has 0 aromatic heterocycles.